The molecular weight excluding hydrogens is 623 g/mol. The number of hydrogen-bond acceptors (Lipinski definition) is 2. The second kappa shape index (κ2) is 14.2. The Kier molecular flexibility index (Phi) is 11.7. The fourth-order valence-electron chi connectivity index (χ4n) is 4.56. The minimum atomic E-state index is -0.428. The third-order valence-electron chi connectivity index (χ3n) is 6.25. The molecule has 3 aliphatic carbocycles. The first-order valence-electron chi connectivity index (χ1n) is 12.1. The number of phenols is 2. The quantitative estimate of drug-likeness (QED) is 0.243. The van der Waals surface area contributed by atoms with Gasteiger partial charge >= 0.3 is 0 Å². The van der Waals surface area contributed by atoms with Crippen LogP contribution in [0.2, 0.25) is 13.1 Å². The summed E-state index contributed by atoms with van der Waals surface area (Å²) in [5.74, 6) is 1.16. The van der Waals surface area contributed by atoms with E-state index in [-0.39, 0.29) is 25.8 Å². The molecule has 0 bridgehead atoms. The Bertz CT molecular complexity index is 1220. The van der Waals surface area contributed by atoms with Crippen molar-refractivity contribution in [2.75, 3.05) is 0 Å². The van der Waals surface area contributed by atoms with E-state index in [0.717, 1.165) is 6.42 Å². The number of aromatic hydroxyl groups is 2. The van der Waals surface area contributed by atoms with Crippen LogP contribution in [0.25, 0.3) is 0 Å². The Balaban J connectivity index is 0.000000249. The smallest absolute Gasteiger partial charge is 0.115 e. The number of allylic oxidation sites excluding steroid dienone is 12. The van der Waals surface area contributed by atoms with Gasteiger partial charge in [-0.05, 0) is 43.5 Å². The van der Waals surface area contributed by atoms with E-state index < -0.39 is 8.41 Å². The SMILES string of the molecule is CC1=[C-]C2=CC=CC(=[Si](C)C)C(C)C2=C1C1=C(C)C=CC1.Oc1ccccc1.Oc1ccccc1.[Hf]. The Labute approximate surface area is 236 Å². The number of fused-ring (bicyclic) bond motifs is 1. The molecule has 2 nitrogen and oxygen atoms in total. The molecule has 3 aliphatic rings. The van der Waals surface area contributed by atoms with Gasteiger partial charge in [0.2, 0.25) is 0 Å². The van der Waals surface area contributed by atoms with Crippen LogP contribution >= 0.6 is 0 Å². The molecule has 0 saturated carbocycles. The van der Waals surface area contributed by atoms with Crippen molar-refractivity contribution in [3.05, 3.63) is 131 Å². The normalized spacial score (nSPS) is 17.6. The maximum atomic E-state index is 8.63. The van der Waals surface area contributed by atoms with Gasteiger partial charge in [-0.2, -0.15) is 5.57 Å². The molecule has 0 saturated heterocycles. The van der Waals surface area contributed by atoms with Gasteiger partial charge in [-0.1, -0.05) is 97.9 Å². The first-order chi connectivity index (χ1) is 16.8. The molecule has 36 heavy (non-hydrogen) atoms. The van der Waals surface area contributed by atoms with Gasteiger partial charge in [-0.3, -0.25) is 0 Å². The van der Waals surface area contributed by atoms with Crippen LogP contribution in [-0.2, 0) is 25.8 Å². The largest absolute Gasteiger partial charge is 0.508 e. The summed E-state index contributed by atoms with van der Waals surface area (Å²) in [5, 5.41) is 18.9. The van der Waals surface area contributed by atoms with Gasteiger partial charge in [0.15, 0.2) is 0 Å². The van der Waals surface area contributed by atoms with Crippen LogP contribution in [0, 0.1) is 12.0 Å². The average molecular weight is 658 g/mol. The molecule has 0 aromatic heterocycles. The summed E-state index contributed by atoms with van der Waals surface area (Å²) in [4.78, 5) is 0. The zero-order valence-electron chi connectivity index (χ0n) is 21.8. The molecule has 2 aromatic rings. The molecule has 5 rings (SSSR count). The molecule has 0 spiro atoms. The van der Waals surface area contributed by atoms with Crippen molar-refractivity contribution < 1.29 is 36.1 Å². The van der Waals surface area contributed by atoms with E-state index in [9.17, 15) is 0 Å². The molecule has 4 heteroatoms. The summed E-state index contributed by atoms with van der Waals surface area (Å²) >= 11 is 0. The zero-order chi connectivity index (χ0) is 25.4. The fraction of sp³-hybridized carbons (Fsp3) is 0.219. The van der Waals surface area contributed by atoms with E-state index in [1.165, 1.54) is 33.4 Å². The van der Waals surface area contributed by atoms with E-state index in [1.54, 1.807) is 53.7 Å². The van der Waals surface area contributed by atoms with Gasteiger partial charge in [0.05, 0.1) is 0 Å². The van der Waals surface area contributed by atoms with Crippen molar-refractivity contribution >= 4 is 13.6 Å². The average Bonchev–Trinajstić information content (AvgIpc) is 3.35. The topological polar surface area (TPSA) is 40.5 Å². The van der Waals surface area contributed by atoms with E-state index in [4.69, 9.17) is 10.2 Å². The third kappa shape index (κ3) is 7.72. The van der Waals surface area contributed by atoms with Crippen molar-refractivity contribution in [2.24, 2.45) is 5.92 Å². The van der Waals surface area contributed by atoms with Gasteiger partial charge in [-0.25, -0.2) is 0 Å². The minimum Gasteiger partial charge on any atom is -0.508 e. The van der Waals surface area contributed by atoms with Crippen molar-refractivity contribution in [1.82, 2.24) is 0 Å². The standard InChI is InChI=1S/C20H23Si.2C6H6O.Hf/c1-13-8-6-10-17(13)19-14(2)12-16-9-7-11-18(21(4)5)15(3)20(16)19;2*7-6-4-2-1-3-5-6;/h6-9,11,15H,10H2,1-5H3;2*1-5,7H;/q-1;;;. The number of hydrogen-bond donors (Lipinski definition) is 2. The molecule has 2 aromatic carbocycles. The van der Waals surface area contributed by atoms with Gasteiger partial charge < -0.3 is 10.2 Å². The first kappa shape index (κ1) is 29.7. The van der Waals surface area contributed by atoms with Crippen molar-refractivity contribution in [1.29, 1.82) is 0 Å². The van der Waals surface area contributed by atoms with Crippen LogP contribution in [0.1, 0.15) is 27.2 Å². The van der Waals surface area contributed by atoms with Crippen LogP contribution in [0.5, 0.6) is 11.5 Å². The molecule has 1 unspecified atom stereocenters. The summed E-state index contributed by atoms with van der Waals surface area (Å²) in [6.07, 6.45) is 16.1. The molecule has 0 amide bonds. The molecule has 0 fully saturated rings. The first-order valence-corrected chi connectivity index (χ1v) is 14.6. The van der Waals surface area contributed by atoms with Gasteiger partial charge in [0, 0.05) is 34.3 Å². The molecule has 0 aliphatic heterocycles. The van der Waals surface area contributed by atoms with E-state index in [1.807, 2.05) is 12.1 Å². The van der Waals surface area contributed by atoms with E-state index >= 15 is 0 Å². The predicted molar refractivity (Wildman–Crippen MR) is 151 cm³/mol. The second-order valence-corrected chi connectivity index (χ2v) is 11.7. The van der Waals surface area contributed by atoms with Crippen molar-refractivity contribution in [3.63, 3.8) is 0 Å². The second-order valence-electron chi connectivity index (χ2n) is 9.09. The number of phenolic OH excluding ortho intramolecular Hbond substituents is 2. The summed E-state index contributed by atoms with van der Waals surface area (Å²) in [7, 11) is -0.428. The molecule has 0 heterocycles. The Morgan fingerprint density at radius 3 is 1.83 bits per heavy atom. The summed E-state index contributed by atoms with van der Waals surface area (Å²) in [6, 6.07) is 17.4. The molecular formula is C32H35HfO2Si-. The van der Waals surface area contributed by atoms with Crippen LogP contribution in [0.4, 0.5) is 0 Å². The van der Waals surface area contributed by atoms with Gasteiger partial charge in [-0.15, -0.1) is 34.9 Å². The summed E-state index contributed by atoms with van der Waals surface area (Å²) < 4.78 is 0. The van der Waals surface area contributed by atoms with Crippen molar-refractivity contribution in [2.45, 2.75) is 40.3 Å². The Morgan fingerprint density at radius 1 is 0.861 bits per heavy atom. The van der Waals surface area contributed by atoms with Crippen LogP contribution in [-0.4, -0.2) is 23.8 Å². The van der Waals surface area contributed by atoms with Gasteiger partial charge in [0.1, 0.15) is 11.5 Å². The van der Waals surface area contributed by atoms with Gasteiger partial charge in [0.25, 0.3) is 0 Å². The summed E-state index contributed by atoms with van der Waals surface area (Å²) in [6.45, 7) is 11.6. The van der Waals surface area contributed by atoms with Crippen molar-refractivity contribution in [3.8, 4) is 11.5 Å². The maximum Gasteiger partial charge on any atom is 0.115 e. The summed E-state index contributed by atoms with van der Waals surface area (Å²) in [5.41, 5.74) is 8.53. The molecule has 184 valence electrons. The predicted octanol–water partition coefficient (Wildman–Crippen LogP) is 7.75. The minimum absolute atomic E-state index is 0. The third-order valence-corrected chi connectivity index (χ3v) is 8.01. The maximum absolute atomic E-state index is 8.63. The van der Waals surface area contributed by atoms with E-state index in [0.29, 0.717) is 17.4 Å². The van der Waals surface area contributed by atoms with Crippen LogP contribution < -0.4 is 0 Å². The zero-order valence-corrected chi connectivity index (χ0v) is 26.4. The van der Waals surface area contributed by atoms with Crippen LogP contribution in [0.3, 0.4) is 0 Å². The van der Waals surface area contributed by atoms with Crippen LogP contribution in [0.15, 0.2) is 124 Å². The molecule has 2 N–H and O–H groups in total. The Morgan fingerprint density at radius 2 is 1.42 bits per heavy atom. The number of rotatable bonds is 1. The molecule has 0 radical (unpaired) electrons. The Hall–Kier alpha value is -2.56. The number of benzene rings is 2. The fourth-order valence-corrected chi connectivity index (χ4v) is 6.00. The molecule has 1 atom stereocenters. The monoisotopic (exact) mass is 659 g/mol. The number of para-hydroxylation sites is 2. The van der Waals surface area contributed by atoms with E-state index in [2.05, 4.69) is 70.3 Å².